The number of esters is 1. The number of carbonyl (C=O) groups is 2. The molecule has 3 aromatic rings. The number of hydrogen-bond donors (Lipinski definition) is 2. The summed E-state index contributed by atoms with van der Waals surface area (Å²) in [5, 5.41) is 12.7. The number of amides is 1. The summed E-state index contributed by atoms with van der Waals surface area (Å²) in [6, 6.07) is 21.7. The molecule has 28 heavy (non-hydrogen) atoms. The van der Waals surface area contributed by atoms with Gasteiger partial charge in [0.1, 0.15) is 11.3 Å². The van der Waals surface area contributed by atoms with Gasteiger partial charge in [-0.3, -0.25) is 4.79 Å². The molecule has 142 valence electrons. The van der Waals surface area contributed by atoms with Gasteiger partial charge in [-0.25, -0.2) is 4.79 Å². The van der Waals surface area contributed by atoms with Crippen LogP contribution < -0.4 is 5.32 Å². The van der Waals surface area contributed by atoms with Gasteiger partial charge in [0.2, 0.25) is 0 Å². The number of ether oxygens (including phenoxy) is 1. The molecule has 0 bridgehead atoms. The smallest absolute Gasteiger partial charge is 0.342 e. The highest BCUT2D eigenvalue weighted by molar-refractivity contribution is 6.00. The second kappa shape index (κ2) is 8.39. The number of phenolic OH excluding ortho intramolecular Hbond substituents is 1. The van der Waals surface area contributed by atoms with Crippen LogP contribution in [0.1, 0.15) is 22.8 Å². The zero-order chi connectivity index (χ0) is 20.1. The number of nitrogens with one attached hydrogen (secondary N) is 1. The van der Waals surface area contributed by atoms with Gasteiger partial charge >= 0.3 is 5.97 Å². The second-order valence-electron chi connectivity index (χ2n) is 6.47. The van der Waals surface area contributed by atoms with Crippen LogP contribution in [0, 0.1) is 6.92 Å². The fraction of sp³-hybridized carbons (Fsp3) is 0.130. The van der Waals surface area contributed by atoms with Gasteiger partial charge in [0.05, 0.1) is 0 Å². The van der Waals surface area contributed by atoms with Crippen LogP contribution in [0.3, 0.4) is 0 Å². The highest BCUT2D eigenvalue weighted by atomic mass is 16.5. The Morgan fingerprint density at radius 3 is 2.36 bits per heavy atom. The summed E-state index contributed by atoms with van der Waals surface area (Å²) in [5.41, 5.74) is 3.30. The third-order valence-corrected chi connectivity index (χ3v) is 4.30. The largest absolute Gasteiger partial charge is 0.507 e. The van der Waals surface area contributed by atoms with Gasteiger partial charge in [-0.1, -0.05) is 54.6 Å². The molecule has 1 unspecified atom stereocenters. The summed E-state index contributed by atoms with van der Waals surface area (Å²) in [7, 11) is 0. The molecule has 0 aromatic heterocycles. The van der Waals surface area contributed by atoms with E-state index in [-0.39, 0.29) is 11.3 Å². The Morgan fingerprint density at radius 2 is 1.64 bits per heavy atom. The molecule has 5 heteroatoms. The van der Waals surface area contributed by atoms with Crippen molar-refractivity contribution < 1.29 is 19.4 Å². The molecule has 2 N–H and O–H groups in total. The van der Waals surface area contributed by atoms with E-state index in [0.29, 0.717) is 5.69 Å². The Kier molecular flexibility index (Phi) is 5.75. The number of carbonyl (C=O) groups excluding carboxylic acids is 2. The number of para-hydroxylation sites is 1. The van der Waals surface area contributed by atoms with E-state index >= 15 is 0 Å². The zero-order valence-electron chi connectivity index (χ0n) is 15.7. The molecule has 3 rings (SSSR count). The van der Waals surface area contributed by atoms with Crippen molar-refractivity contribution >= 4 is 17.6 Å². The number of aromatic hydroxyl groups is 1. The summed E-state index contributed by atoms with van der Waals surface area (Å²) in [4.78, 5) is 24.8. The number of benzene rings is 3. The molecule has 0 aliphatic carbocycles. The summed E-state index contributed by atoms with van der Waals surface area (Å²) >= 11 is 0. The van der Waals surface area contributed by atoms with Crippen molar-refractivity contribution in [2.75, 3.05) is 5.32 Å². The Hall–Kier alpha value is -3.60. The third kappa shape index (κ3) is 4.38. The number of hydrogen-bond acceptors (Lipinski definition) is 4. The van der Waals surface area contributed by atoms with Crippen molar-refractivity contribution in [3.63, 3.8) is 0 Å². The highest BCUT2D eigenvalue weighted by Crippen LogP contribution is 2.28. The average molecular weight is 375 g/mol. The van der Waals surface area contributed by atoms with E-state index < -0.39 is 18.0 Å². The van der Waals surface area contributed by atoms with Gasteiger partial charge < -0.3 is 15.2 Å². The quantitative estimate of drug-likeness (QED) is 0.642. The molecule has 1 atom stereocenters. The minimum Gasteiger partial charge on any atom is -0.507 e. The van der Waals surface area contributed by atoms with E-state index in [0.717, 1.165) is 16.7 Å². The van der Waals surface area contributed by atoms with Crippen LogP contribution in [0.25, 0.3) is 11.1 Å². The lowest BCUT2D eigenvalue weighted by molar-refractivity contribution is -0.123. The Bertz CT molecular complexity index is 998. The van der Waals surface area contributed by atoms with Crippen LogP contribution in [0.2, 0.25) is 0 Å². The molecule has 0 aliphatic heterocycles. The Balaban J connectivity index is 1.72. The van der Waals surface area contributed by atoms with Crippen LogP contribution in [-0.2, 0) is 9.53 Å². The molecule has 0 aliphatic rings. The first kappa shape index (κ1) is 19.2. The van der Waals surface area contributed by atoms with Crippen molar-refractivity contribution in [1.82, 2.24) is 0 Å². The van der Waals surface area contributed by atoms with Crippen LogP contribution in [-0.4, -0.2) is 23.1 Å². The lowest BCUT2D eigenvalue weighted by Gasteiger charge is -2.16. The van der Waals surface area contributed by atoms with Gasteiger partial charge in [-0.15, -0.1) is 0 Å². The predicted octanol–water partition coefficient (Wildman–Crippen LogP) is 4.55. The predicted molar refractivity (Wildman–Crippen MR) is 108 cm³/mol. The molecule has 0 saturated heterocycles. The number of phenols is 1. The third-order valence-electron chi connectivity index (χ3n) is 4.30. The second-order valence-corrected chi connectivity index (χ2v) is 6.47. The normalized spacial score (nSPS) is 11.5. The topological polar surface area (TPSA) is 75.6 Å². The van der Waals surface area contributed by atoms with Gasteiger partial charge in [0.15, 0.2) is 6.10 Å². The molecule has 0 spiro atoms. The van der Waals surface area contributed by atoms with Crippen molar-refractivity contribution in [2.24, 2.45) is 0 Å². The molecule has 0 saturated carbocycles. The number of aryl methyl sites for hydroxylation is 1. The maximum Gasteiger partial charge on any atom is 0.342 e. The zero-order valence-corrected chi connectivity index (χ0v) is 15.7. The van der Waals surface area contributed by atoms with E-state index in [1.54, 1.807) is 19.1 Å². The lowest BCUT2D eigenvalue weighted by Crippen LogP contribution is -2.30. The molecule has 0 radical (unpaired) electrons. The van der Waals surface area contributed by atoms with Crippen molar-refractivity contribution in [3.05, 3.63) is 83.9 Å². The maximum atomic E-state index is 12.6. The fourth-order valence-corrected chi connectivity index (χ4v) is 2.79. The van der Waals surface area contributed by atoms with Crippen molar-refractivity contribution in [3.8, 4) is 16.9 Å². The summed E-state index contributed by atoms with van der Waals surface area (Å²) in [6.07, 6.45) is -1.03. The van der Waals surface area contributed by atoms with Gasteiger partial charge in [0, 0.05) is 11.3 Å². The van der Waals surface area contributed by atoms with E-state index in [9.17, 15) is 14.7 Å². The fourth-order valence-electron chi connectivity index (χ4n) is 2.79. The number of rotatable bonds is 5. The molecular formula is C23H21NO4. The Labute approximate surface area is 163 Å². The lowest BCUT2D eigenvalue weighted by atomic mass is 10.0. The minimum atomic E-state index is -1.03. The van der Waals surface area contributed by atoms with E-state index in [2.05, 4.69) is 5.32 Å². The van der Waals surface area contributed by atoms with Crippen LogP contribution in [0.15, 0.2) is 72.8 Å². The molecule has 0 heterocycles. The highest BCUT2D eigenvalue weighted by Gasteiger charge is 2.21. The maximum absolute atomic E-state index is 12.6. The van der Waals surface area contributed by atoms with E-state index in [1.807, 2.05) is 48.5 Å². The molecule has 3 aromatic carbocycles. The molecule has 1 amide bonds. The van der Waals surface area contributed by atoms with Gasteiger partial charge in [-0.2, -0.15) is 0 Å². The molecule has 0 fully saturated rings. The van der Waals surface area contributed by atoms with Crippen LogP contribution >= 0.6 is 0 Å². The first-order valence-electron chi connectivity index (χ1n) is 8.91. The summed E-state index contributed by atoms with van der Waals surface area (Å²) in [5.74, 6) is -1.38. The SMILES string of the molecule is Cc1ccc(C(=O)OC(C)C(=O)Nc2ccccc2-c2ccccc2)c(O)c1. The first-order valence-corrected chi connectivity index (χ1v) is 8.91. The van der Waals surface area contributed by atoms with Crippen molar-refractivity contribution in [1.29, 1.82) is 0 Å². The number of anilines is 1. The molecular weight excluding hydrogens is 354 g/mol. The molecule has 5 nitrogen and oxygen atoms in total. The average Bonchev–Trinajstić information content (AvgIpc) is 2.69. The summed E-state index contributed by atoms with van der Waals surface area (Å²) in [6.45, 7) is 3.29. The summed E-state index contributed by atoms with van der Waals surface area (Å²) < 4.78 is 5.23. The van der Waals surface area contributed by atoms with E-state index in [1.165, 1.54) is 19.1 Å². The van der Waals surface area contributed by atoms with Gasteiger partial charge in [-0.05, 0) is 43.2 Å². The Morgan fingerprint density at radius 1 is 0.964 bits per heavy atom. The van der Waals surface area contributed by atoms with Gasteiger partial charge in [0.25, 0.3) is 5.91 Å². The van der Waals surface area contributed by atoms with E-state index in [4.69, 9.17) is 4.74 Å². The minimum absolute atomic E-state index is 0.0231. The first-order chi connectivity index (χ1) is 13.5. The monoisotopic (exact) mass is 375 g/mol. The van der Waals surface area contributed by atoms with Crippen molar-refractivity contribution in [2.45, 2.75) is 20.0 Å². The standard InChI is InChI=1S/C23H21NO4/c1-15-12-13-19(21(25)14-15)23(27)28-16(2)22(26)24-20-11-7-6-10-18(20)17-8-4-3-5-9-17/h3-14,16,25H,1-2H3,(H,24,26). The van der Waals surface area contributed by atoms with Crippen LogP contribution in [0.5, 0.6) is 5.75 Å². The van der Waals surface area contributed by atoms with Crippen LogP contribution in [0.4, 0.5) is 5.69 Å².